The highest BCUT2D eigenvalue weighted by molar-refractivity contribution is 6.11. The molecule has 12 rings (SSSR count). The Kier molecular flexibility index (Phi) is 8.46. The lowest BCUT2D eigenvalue weighted by Gasteiger charge is -2.12. The van der Waals surface area contributed by atoms with Gasteiger partial charge in [-0.2, -0.15) is 0 Å². The monoisotopic (exact) mass is 790 g/mol. The first-order valence-electron chi connectivity index (χ1n) is 21.1. The Hall–Kier alpha value is -8.34. The lowest BCUT2D eigenvalue weighted by Crippen LogP contribution is -1.96. The molecule has 4 nitrogen and oxygen atoms in total. The van der Waals surface area contributed by atoms with Crippen molar-refractivity contribution in [2.24, 2.45) is 0 Å². The van der Waals surface area contributed by atoms with Gasteiger partial charge in [0.25, 0.3) is 0 Å². The molecule has 3 aromatic heterocycles. The van der Waals surface area contributed by atoms with Gasteiger partial charge in [-0.1, -0.05) is 170 Å². The minimum absolute atomic E-state index is 0.697. The van der Waals surface area contributed by atoms with Crippen molar-refractivity contribution in [2.45, 2.75) is 0 Å². The predicted octanol–water partition coefficient (Wildman–Crippen LogP) is 15.0. The molecule has 0 bridgehead atoms. The maximum Gasteiger partial charge on any atom is 0.160 e. The molecule has 9 aromatic carbocycles. The molecule has 0 N–H and O–H groups in total. The lowest BCUT2D eigenvalue weighted by molar-refractivity contribution is 1.18. The van der Waals surface area contributed by atoms with Crippen molar-refractivity contribution >= 4 is 43.6 Å². The molecule has 290 valence electrons. The molecule has 0 aliphatic carbocycles. The number of benzene rings is 9. The van der Waals surface area contributed by atoms with Crippen molar-refractivity contribution in [3.63, 3.8) is 0 Å². The van der Waals surface area contributed by atoms with Gasteiger partial charge in [0.2, 0.25) is 0 Å². The normalized spacial score (nSPS) is 11.5. The van der Waals surface area contributed by atoms with Gasteiger partial charge in [-0.15, -0.1) is 0 Å². The van der Waals surface area contributed by atoms with E-state index < -0.39 is 0 Å². The maximum atomic E-state index is 5.12. The molecule has 0 saturated carbocycles. The first-order valence-corrected chi connectivity index (χ1v) is 21.1. The third-order valence-corrected chi connectivity index (χ3v) is 12.1. The average molecular weight is 791 g/mol. The number of hydrogen-bond acceptors (Lipinski definition) is 2. The molecule has 62 heavy (non-hydrogen) atoms. The Morgan fingerprint density at radius 3 is 1.21 bits per heavy atom. The van der Waals surface area contributed by atoms with Gasteiger partial charge in [-0.25, -0.2) is 9.97 Å². The zero-order valence-corrected chi connectivity index (χ0v) is 33.7. The highest BCUT2D eigenvalue weighted by atomic mass is 15.0. The van der Waals surface area contributed by atoms with Crippen molar-refractivity contribution in [1.29, 1.82) is 0 Å². The van der Waals surface area contributed by atoms with Crippen molar-refractivity contribution in [1.82, 2.24) is 19.1 Å². The highest BCUT2D eigenvalue weighted by Gasteiger charge is 2.17. The van der Waals surface area contributed by atoms with E-state index in [1.807, 2.05) is 12.1 Å². The van der Waals surface area contributed by atoms with Crippen LogP contribution in [0.25, 0.3) is 111 Å². The molecule has 0 saturated heterocycles. The number of nitrogens with zero attached hydrogens (tertiary/aromatic N) is 4. The summed E-state index contributed by atoms with van der Waals surface area (Å²) in [5.41, 5.74) is 16.5. The van der Waals surface area contributed by atoms with Crippen LogP contribution >= 0.6 is 0 Å². The van der Waals surface area contributed by atoms with Crippen LogP contribution in [0.4, 0.5) is 0 Å². The quantitative estimate of drug-likeness (QED) is 0.161. The minimum atomic E-state index is 0.697. The number of para-hydroxylation sites is 3. The predicted molar refractivity (Wildman–Crippen MR) is 258 cm³/mol. The molecule has 12 aromatic rings. The van der Waals surface area contributed by atoms with Gasteiger partial charge >= 0.3 is 0 Å². The van der Waals surface area contributed by atoms with Crippen LogP contribution in [0, 0.1) is 0 Å². The summed E-state index contributed by atoms with van der Waals surface area (Å²) in [5, 5.41) is 4.95. The summed E-state index contributed by atoms with van der Waals surface area (Å²) < 4.78 is 4.78. The number of fused-ring (bicyclic) bond motifs is 6. The van der Waals surface area contributed by atoms with Crippen LogP contribution in [0.15, 0.2) is 231 Å². The first-order chi connectivity index (χ1) is 30.7. The van der Waals surface area contributed by atoms with E-state index >= 15 is 0 Å². The van der Waals surface area contributed by atoms with Crippen molar-refractivity contribution in [3.05, 3.63) is 231 Å². The molecule has 0 aliphatic heterocycles. The van der Waals surface area contributed by atoms with Gasteiger partial charge in [0.15, 0.2) is 5.82 Å². The third-order valence-electron chi connectivity index (χ3n) is 12.1. The fourth-order valence-corrected chi connectivity index (χ4v) is 9.16. The summed E-state index contributed by atoms with van der Waals surface area (Å²) in [7, 11) is 0. The minimum Gasteiger partial charge on any atom is -0.309 e. The standard InChI is InChI=1S/C58H38N4/c1-4-15-40(16-5-1)52-38-53(41-17-6-2-7-18-41)60-58(59-52)45-20-14-19-42(35-45)44-30-34-51-49-24-11-13-26-55(49)62(57(51)37-44)47-31-27-39(28-32-47)43-29-33-50-48-23-10-12-25-54(48)61(56(50)36-43)46-21-8-3-9-22-46/h1-38H. The Labute approximate surface area is 359 Å². The molecule has 0 amide bonds. The molecule has 3 heterocycles. The van der Waals surface area contributed by atoms with Crippen LogP contribution in [-0.4, -0.2) is 19.1 Å². The van der Waals surface area contributed by atoms with Gasteiger partial charge in [0, 0.05) is 49.6 Å². The summed E-state index contributed by atoms with van der Waals surface area (Å²) in [4.78, 5) is 10.2. The van der Waals surface area contributed by atoms with Crippen LogP contribution in [0.2, 0.25) is 0 Å². The second-order valence-electron chi connectivity index (χ2n) is 15.8. The zero-order valence-electron chi connectivity index (χ0n) is 33.7. The molecule has 4 heteroatoms. The van der Waals surface area contributed by atoms with E-state index in [-0.39, 0.29) is 0 Å². The summed E-state index contributed by atoms with van der Waals surface area (Å²) >= 11 is 0. The summed E-state index contributed by atoms with van der Waals surface area (Å²) in [6.07, 6.45) is 0. The summed E-state index contributed by atoms with van der Waals surface area (Å²) in [5.74, 6) is 0.697. The zero-order chi connectivity index (χ0) is 41.0. The fraction of sp³-hybridized carbons (Fsp3) is 0. The van der Waals surface area contributed by atoms with Gasteiger partial charge < -0.3 is 9.13 Å². The van der Waals surface area contributed by atoms with Crippen molar-refractivity contribution in [3.8, 4) is 67.5 Å². The molecule has 0 atom stereocenters. The van der Waals surface area contributed by atoms with E-state index in [0.29, 0.717) is 5.82 Å². The van der Waals surface area contributed by atoms with Crippen LogP contribution in [0.5, 0.6) is 0 Å². The SMILES string of the molecule is c1ccc(-c2cc(-c3ccccc3)nc(-c3cccc(-c4ccc5c6ccccc6n(-c6ccc(-c7ccc8c9ccccc9n(-c9ccccc9)c8c7)cc6)c5c4)c3)n2)cc1. The van der Waals surface area contributed by atoms with Crippen molar-refractivity contribution < 1.29 is 0 Å². The van der Waals surface area contributed by atoms with Crippen LogP contribution in [0.1, 0.15) is 0 Å². The average Bonchev–Trinajstić information content (AvgIpc) is 3.87. The molecule has 0 aliphatic rings. The third kappa shape index (κ3) is 6.08. The Bertz CT molecular complexity index is 3550. The molecule has 0 spiro atoms. The van der Waals surface area contributed by atoms with Crippen LogP contribution in [-0.2, 0) is 0 Å². The smallest absolute Gasteiger partial charge is 0.160 e. The van der Waals surface area contributed by atoms with Gasteiger partial charge in [0.05, 0.1) is 33.5 Å². The maximum absolute atomic E-state index is 5.12. The van der Waals surface area contributed by atoms with E-state index in [9.17, 15) is 0 Å². The number of rotatable bonds is 7. The number of hydrogen-bond donors (Lipinski definition) is 0. The Morgan fingerprint density at radius 2 is 0.645 bits per heavy atom. The van der Waals surface area contributed by atoms with Gasteiger partial charge in [0.1, 0.15) is 0 Å². The highest BCUT2D eigenvalue weighted by Crippen LogP contribution is 2.38. The second-order valence-corrected chi connectivity index (χ2v) is 15.8. The fourth-order valence-electron chi connectivity index (χ4n) is 9.16. The Morgan fingerprint density at radius 1 is 0.242 bits per heavy atom. The summed E-state index contributed by atoms with van der Waals surface area (Å²) in [6.45, 7) is 0. The second kappa shape index (κ2) is 14.7. The van der Waals surface area contributed by atoms with E-state index in [2.05, 4.69) is 228 Å². The van der Waals surface area contributed by atoms with E-state index in [1.165, 1.54) is 49.2 Å². The Balaban J connectivity index is 0.945. The van der Waals surface area contributed by atoms with Crippen molar-refractivity contribution in [2.75, 3.05) is 0 Å². The lowest BCUT2D eigenvalue weighted by atomic mass is 10.0. The van der Waals surface area contributed by atoms with Crippen LogP contribution in [0.3, 0.4) is 0 Å². The molecular formula is C58H38N4. The first kappa shape index (κ1) is 35.6. The van der Waals surface area contributed by atoms with E-state index in [0.717, 1.165) is 56.1 Å². The van der Waals surface area contributed by atoms with E-state index in [1.54, 1.807) is 0 Å². The summed E-state index contributed by atoms with van der Waals surface area (Å²) in [6, 6.07) is 82.2. The van der Waals surface area contributed by atoms with Gasteiger partial charge in [-0.05, 0) is 82.9 Å². The van der Waals surface area contributed by atoms with Crippen LogP contribution < -0.4 is 0 Å². The van der Waals surface area contributed by atoms with E-state index in [4.69, 9.17) is 9.97 Å². The molecule has 0 radical (unpaired) electrons. The van der Waals surface area contributed by atoms with Gasteiger partial charge in [-0.3, -0.25) is 0 Å². The molecule has 0 fully saturated rings. The molecular weight excluding hydrogens is 753 g/mol. The molecule has 0 unspecified atom stereocenters. The largest absolute Gasteiger partial charge is 0.309 e. The topological polar surface area (TPSA) is 35.6 Å². The number of aromatic nitrogens is 4.